The second kappa shape index (κ2) is 9.13. The van der Waals surface area contributed by atoms with Crippen LogP contribution in [0.25, 0.3) is 10.2 Å². The van der Waals surface area contributed by atoms with Gasteiger partial charge in [-0.1, -0.05) is 22.9 Å². The normalized spacial score (nSPS) is 12.7. The molecule has 3 rings (SSSR count). The maximum Gasteiger partial charge on any atom is 0.308 e. The van der Waals surface area contributed by atoms with E-state index in [-0.39, 0.29) is 21.6 Å². The molecular weight excluding hydrogens is 474 g/mol. The van der Waals surface area contributed by atoms with E-state index in [4.69, 9.17) is 16.3 Å². The van der Waals surface area contributed by atoms with Gasteiger partial charge < -0.3 is 10.1 Å². The van der Waals surface area contributed by atoms with Crippen LogP contribution in [-0.4, -0.2) is 38.3 Å². The Bertz CT molecular complexity index is 1330. The van der Waals surface area contributed by atoms with Crippen molar-refractivity contribution in [3.05, 3.63) is 51.1 Å². The Labute approximate surface area is 195 Å². The number of fused-ring (bicyclic) bond motifs is 1. The smallest absolute Gasteiger partial charge is 0.308 e. The molecule has 2 aromatic carbocycles. The van der Waals surface area contributed by atoms with Gasteiger partial charge in [0.2, 0.25) is 15.9 Å². The van der Waals surface area contributed by atoms with Crippen molar-refractivity contribution in [2.24, 2.45) is 0 Å². The van der Waals surface area contributed by atoms with Gasteiger partial charge in [-0.15, -0.1) is 0 Å². The molecular formula is C21H24ClN3O5S2. The summed E-state index contributed by atoms with van der Waals surface area (Å²) in [5, 5.41) is 2.97. The maximum absolute atomic E-state index is 13.0. The molecule has 1 amide bonds. The Balaban J connectivity index is 1.91. The maximum atomic E-state index is 13.0. The molecule has 172 valence electrons. The van der Waals surface area contributed by atoms with Crippen LogP contribution >= 0.6 is 22.9 Å². The van der Waals surface area contributed by atoms with Gasteiger partial charge in [0.25, 0.3) is 0 Å². The minimum Gasteiger partial charge on any atom is -0.495 e. The molecule has 0 aliphatic heterocycles. The lowest BCUT2D eigenvalue weighted by molar-refractivity contribution is -0.116. The summed E-state index contributed by atoms with van der Waals surface area (Å²) in [5.41, 5.74) is 1.49. The number of rotatable bonds is 7. The minimum absolute atomic E-state index is 0.0105. The molecule has 3 aromatic rings. The number of ether oxygens (including phenoxy) is 1. The molecule has 0 fully saturated rings. The standard InChI is InChI=1S/C21H24ClN3O5S2/c1-12(2)24-17-8-6-14(10-19(17)31-21(24)27)23-20(26)13(3)25(32(5,28)29)15-7-9-18(30-4)16(22)11-15/h6-13H,1-5H3,(H,23,26)/t13-/m0/s1. The van der Waals surface area contributed by atoms with Crippen LogP contribution in [0.1, 0.15) is 26.8 Å². The zero-order chi connectivity index (χ0) is 23.8. The third kappa shape index (κ3) is 4.77. The third-order valence-electron chi connectivity index (χ3n) is 4.88. The number of nitrogens with zero attached hydrogens (tertiary/aromatic N) is 2. The largest absolute Gasteiger partial charge is 0.495 e. The molecule has 0 spiro atoms. The van der Waals surface area contributed by atoms with Gasteiger partial charge >= 0.3 is 4.87 Å². The van der Waals surface area contributed by atoms with E-state index < -0.39 is 22.0 Å². The highest BCUT2D eigenvalue weighted by Gasteiger charge is 2.30. The van der Waals surface area contributed by atoms with Crippen molar-refractivity contribution in [1.82, 2.24) is 4.57 Å². The van der Waals surface area contributed by atoms with E-state index in [1.54, 1.807) is 22.8 Å². The van der Waals surface area contributed by atoms with Gasteiger partial charge in [-0.3, -0.25) is 18.5 Å². The summed E-state index contributed by atoms with van der Waals surface area (Å²) < 4.78 is 33.6. The molecule has 32 heavy (non-hydrogen) atoms. The topological polar surface area (TPSA) is 97.7 Å². The summed E-state index contributed by atoms with van der Waals surface area (Å²) in [6.45, 7) is 5.34. The number of hydrogen-bond donors (Lipinski definition) is 1. The van der Waals surface area contributed by atoms with Crippen molar-refractivity contribution in [2.45, 2.75) is 32.9 Å². The second-order valence-corrected chi connectivity index (χ2v) is 10.8. The van der Waals surface area contributed by atoms with Crippen LogP contribution in [0.5, 0.6) is 5.75 Å². The Kier molecular flexibility index (Phi) is 6.87. The predicted octanol–water partition coefficient (Wildman–Crippen LogP) is 4.10. The van der Waals surface area contributed by atoms with E-state index in [2.05, 4.69) is 5.32 Å². The fourth-order valence-corrected chi connectivity index (χ4v) is 5.92. The second-order valence-electron chi connectivity index (χ2n) is 7.56. The molecule has 0 saturated heterocycles. The highest BCUT2D eigenvalue weighted by atomic mass is 35.5. The third-order valence-corrected chi connectivity index (χ3v) is 7.33. The van der Waals surface area contributed by atoms with Crippen molar-refractivity contribution >= 4 is 60.5 Å². The predicted molar refractivity (Wildman–Crippen MR) is 130 cm³/mol. The van der Waals surface area contributed by atoms with Gasteiger partial charge in [0.05, 0.1) is 34.3 Å². The molecule has 1 atom stereocenters. The van der Waals surface area contributed by atoms with Crippen molar-refractivity contribution in [3.8, 4) is 5.75 Å². The molecule has 0 aliphatic carbocycles. The van der Waals surface area contributed by atoms with Gasteiger partial charge in [-0.05, 0) is 57.2 Å². The number of halogens is 1. The monoisotopic (exact) mass is 497 g/mol. The van der Waals surface area contributed by atoms with Crippen LogP contribution in [0.3, 0.4) is 0 Å². The van der Waals surface area contributed by atoms with E-state index in [1.807, 2.05) is 13.8 Å². The lowest BCUT2D eigenvalue weighted by Gasteiger charge is -2.28. The minimum atomic E-state index is -3.81. The van der Waals surface area contributed by atoms with Crippen LogP contribution in [-0.2, 0) is 14.8 Å². The highest BCUT2D eigenvalue weighted by Crippen LogP contribution is 2.31. The lowest BCUT2D eigenvalue weighted by Crippen LogP contribution is -2.45. The van der Waals surface area contributed by atoms with Crippen LogP contribution in [0, 0.1) is 0 Å². The highest BCUT2D eigenvalue weighted by molar-refractivity contribution is 7.92. The van der Waals surface area contributed by atoms with Gasteiger partial charge in [-0.2, -0.15) is 0 Å². The number of hydrogen-bond acceptors (Lipinski definition) is 6. The summed E-state index contributed by atoms with van der Waals surface area (Å²) >= 11 is 7.25. The van der Waals surface area contributed by atoms with Crippen molar-refractivity contribution in [2.75, 3.05) is 23.0 Å². The SMILES string of the molecule is COc1ccc(N([C@@H](C)C(=O)Nc2ccc3c(c2)sc(=O)n3C(C)C)S(C)(=O)=O)cc1Cl. The number of methoxy groups -OCH3 is 1. The Morgan fingerprint density at radius 1 is 1.19 bits per heavy atom. The molecule has 0 bridgehead atoms. The Hall–Kier alpha value is -2.56. The quantitative estimate of drug-likeness (QED) is 0.530. The van der Waals surface area contributed by atoms with Crippen molar-refractivity contribution in [1.29, 1.82) is 0 Å². The van der Waals surface area contributed by atoms with E-state index in [1.165, 1.54) is 32.2 Å². The summed E-state index contributed by atoms with van der Waals surface area (Å²) in [6.07, 6.45) is 1.02. The number of carbonyl (C=O) groups is 1. The fraction of sp³-hybridized carbons (Fsp3) is 0.333. The fourth-order valence-electron chi connectivity index (χ4n) is 3.45. The molecule has 11 heteroatoms. The van der Waals surface area contributed by atoms with Crippen LogP contribution < -0.4 is 19.2 Å². The zero-order valence-electron chi connectivity index (χ0n) is 18.2. The summed E-state index contributed by atoms with van der Waals surface area (Å²) in [4.78, 5) is 25.1. The van der Waals surface area contributed by atoms with E-state index >= 15 is 0 Å². The van der Waals surface area contributed by atoms with E-state index in [9.17, 15) is 18.0 Å². The van der Waals surface area contributed by atoms with Gasteiger partial charge in [0, 0.05) is 11.7 Å². The van der Waals surface area contributed by atoms with Crippen LogP contribution in [0.4, 0.5) is 11.4 Å². The summed E-state index contributed by atoms with van der Waals surface area (Å²) in [5.74, 6) is -0.140. The molecule has 0 saturated carbocycles. The molecule has 1 N–H and O–H groups in total. The number of carbonyl (C=O) groups excluding carboxylic acids is 1. The average Bonchev–Trinajstić information content (AvgIpc) is 3.02. The number of amides is 1. The first-order valence-corrected chi connectivity index (χ1v) is 12.8. The number of aromatic nitrogens is 1. The zero-order valence-corrected chi connectivity index (χ0v) is 20.6. The molecule has 0 unspecified atom stereocenters. The summed E-state index contributed by atoms with van der Waals surface area (Å²) in [7, 11) is -2.35. The lowest BCUT2D eigenvalue weighted by atomic mass is 10.2. The molecule has 0 radical (unpaired) electrons. The number of thiazole rings is 1. The van der Waals surface area contributed by atoms with E-state index in [0.717, 1.165) is 32.1 Å². The molecule has 0 aliphatic rings. The Morgan fingerprint density at radius 2 is 1.88 bits per heavy atom. The van der Waals surface area contributed by atoms with E-state index in [0.29, 0.717) is 11.4 Å². The van der Waals surface area contributed by atoms with Gasteiger partial charge in [0.15, 0.2) is 0 Å². The first-order valence-electron chi connectivity index (χ1n) is 9.73. The Morgan fingerprint density at radius 3 is 2.44 bits per heavy atom. The first kappa shape index (κ1) is 24.1. The van der Waals surface area contributed by atoms with Crippen molar-refractivity contribution in [3.63, 3.8) is 0 Å². The number of anilines is 2. The molecule has 1 aromatic heterocycles. The van der Waals surface area contributed by atoms with Gasteiger partial charge in [-0.25, -0.2) is 8.42 Å². The summed E-state index contributed by atoms with van der Waals surface area (Å²) in [6, 6.07) is 8.60. The number of sulfonamides is 1. The molecule has 8 nitrogen and oxygen atoms in total. The number of nitrogens with one attached hydrogen (secondary N) is 1. The van der Waals surface area contributed by atoms with Crippen LogP contribution in [0.2, 0.25) is 5.02 Å². The van der Waals surface area contributed by atoms with Gasteiger partial charge in [0.1, 0.15) is 11.8 Å². The van der Waals surface area contributed by atoms with Crippen LogP contribution in [0.15, 0.2) is 41.2 Å². The van der Waals surface area contributed by atoms with Crippen molar-refractivity contribution < 1.29 is 17.9 Å². The number of benzene rings is 2. The first-order chi connectivity index (χ1) is 14.9. The molecule has 1 heterocycles. The average molecular weight is 498 g/mol.